The summed E-state index contributed by atoms with van der Waals surface area (Å²) >= 11 is 0. The van der Waals surface area contributed by atoms with E-state index in [0.717, 1.165) is 32.5 Å². The van der Waals surface area contributed by atoms with Crippen molar-refractivity contribution in [1.29, 1.82) is 0 Å². The van der Waals surface area contributed by atoms with Crippen LogP contribution in [0.2, 0.25) is 0 Å². The Hall–Kier alpha value is -0.120. The molecule has 13 heavy (non-hydrogen) atoms. The van der Waals surface area contributed by atoms with E-state index >= 15 is 0 Å². The van der Waals surface area contributed by atoms with Crippen molar-refractivity contribution in [2.45, 2.75) is 44.8 Å². The van der Waals surface area contributed by atoms with Crippen LogP contribution in [0.15, 0.2) is 0 Å². The summed E-state index contributed by atoms with van der Waals surface area (Å²) in [5, 5.41) is 9.83. The molecule has 1 rings (SSSR count). The lowest BCUT2D eigenvalue weighted by Crippen LogP contribution is -2.51. The first-order valence-electron chi connectivity index (χ1n) is 5.12. The van der Waals surface area contributed by atoms with Crippen molar-refractivity contribution in [2.24, 2.45) is 0 Å². The normalized spacial score (nSPS) is 33.0. The summed E-state index contributed by atoms with van der Waals surface area (Å²) in [7, 11) is 0. The van der Waals surface area contributed by atoms with Crippen molar-refractivity contribution in [3.05, 3.63) is 0 Å². The monoisotopic (exact) mass is 188 g/mol. The first-order chi connectivity index (χ1) is 6.20. The van der Waals surface area contributed by atoms with E-state index in [4.69, 9.17) is 9.47 Å². The maximum Gasteiger partial charge on any atom is 0.0929 e. The summed E-state index contributed by atoms with van der Waals surface area (Å²) in [6.45, 7) is 5.97. The molecule has 0 spiro atoms. The molecule has 0 saturated heterocycles. The van der Waals surface area contributed by atoms with E-state index in [1.54, 1.807) is 0 Å². The van der Waals surface area contributed by atoms with Crippen LogP contribution in [0.5, 0.6) is 0 Å². The van der Waals surface area contributed by atoms with Gasteiger partial charge in [-0.25, -0.2) is 0 Å². The molecule has 0 aliphatic heterocycles. The van der Waals surface area contributed by atoms with Crippen LogP contribution in [0.25, 0.3) is 0 Å². The predicted molar refractivity (Wildman–Crippen MR) is 50.7 cm³/mol. The molecule has 0 aromatic heterocycles. The van der Waals surface area contributed by atoms with Gasteiger partial charge in [0.2, 0.25) is 0 Å². The fourth-order valence-electron chi connectivity index (χ4n) is 1.67. The van der Waals surface area contributed by atoms with Crippen LogP contribution in [-0.2, 0) is 9.47 Å². The van der Waals surface area contributed by atoms with Crippen LogP contribution in [0.1, 0.15) is 33.1 Å². The molecule has 0 heterocycles. The molecular weight excluding hydrogens is 168 g/mol. The van der Waals surface area contributed by atoms with Crippen molar-refractivity contribution in [3.63, 3.8) is 0 Å². The molecule has 3 nitrogen and oxygen atoms in total. The Balaban J connectivity index is 2.07. The Bertz CT molecular complexity index is 136. The molecule has 3 heteroatoms. The highest BCUT2D eigenvalue weighted by atomic mass is 16.5. The largest absolute Gasteiger partial charge is 0.387 e. The van der Waals surface area contributed by atoms with Crippen LogP contribution >= 0.6 is 0 Å². The molecule has 0 amide bonds. The second kappa shape index (κ2) is 4.94. The van der Waals surface area contributed by atoms with Crippen molar-refractivity contribution < 1.29 is 14.6 Å². The highest BCUT2D eigenvalue weighted by Crippen LogP contribution is 2.34. The standard InChI is InChI=1S/C10H20O3/c1-3-5-12-8-10(11)6-9(7-10)13-4-2/h9,11H,3-8H2,1-2H3. The zero-order chi connectivity index (χ0) is 9.73. The Kier molecular flexibility index (Phi) is 4.16. The third-order valence-electron chi connectivity index (χ3n) is 2.34. The van der Waals surface area contributed by atoms with Crippen molar-refractivity contribution in [2.75, 3.05) is 19.8 Å². The Morgan fingerprint density at radius 2 is 2.08 bits per heavy atom. The quantitative estimate of drug-likeness (QED) is 0.639. The summed E-state index contributed by atoms with van der Waals surface area (Å²) in [6, 6.07) is 0. The van der Waals surface area contributed by atoms with E-state index in [9.17, 15) is 5.11 Å². The first-order valence-corrected chi connectivity index (χ1v) is 5.12. The summed E-state index contributed by atoms with van der Waals surface area (Å²) in [4.78, 5) is 0. The average molecular weight is 188 g/mol. The highest BCUT2D eigenvalue weighted by molar-refractivity contribution is 4.95. The van der Waals surface area contributed by atoms with Crippen LogP contribution in [0.4, 0.5) is 0 Å². The van der Waals surface area contributed by atoms with E-state index in [0.29, 0.717) is 6.61 Å². The van der Waals surface area contributed by atoms with E-state index in [1.807, 2.05) is 6.92 Å². The Morgan fingerprint density at radius 1 is 1.38 bits per heavy atom. The van der Waals surface area contributed by atoms with Gasteiger partial charge in [-0.3, -0.25) is 0 Å². The minimum absolute atomic E-state index is 0.250. The second-order valence-electron chi connectivity index (χ2n) is 3.76. The number of hydrogen-bond donors (Lipinski definition) is 1. The number of rotatable bonds is 6. The van der Waals surface area contributed by atoms with Crippen molar-refractivity contribution >= 4 is 0 Å². The molecule has 1 saturated carbocycles. The van der Waals surface area contributed by atoms with Gasteiger partial charge in [-0.05, 0) is 13.3 Å². The maximum absolute atomic E-state index is 9.83. The van der Waals surface area contributed by atoms with E-state index in [-0.39, 0.29) is 6.10 Å². The SMILES string of the molecule is CCCOCC1(O)CC(OCC)C1. The molecule has 1 fully saturated rings. The van der Waals surface area contributed by atoms with E-state index in [1.165, 1.54) is 0 Å². The maximum atomic E-state index is 9.83. The fourth-order valence-corrected chi connectivity index (χ4v) is 1.67. The third-order valence-corrected chi connectivity index (χ3v) is 2.34. The zero-order valence-electron chi connectivity index (χ0n) is 8.58. The summed E-state index contributed by atoms with van der Waals surface area (Å²) < 4.78 is 10.7. The van der Waals surface area contributed by atoms with Gasteiger partial charge in [-0.2, -0.15) is 0 Å². The summed E-state index contributed by atoms with van der Waals surface area (Å²) in [5.41, 5.74) is -0.602. The van der Waals surface area contributed by atoms with E-state index < -0.39 is 5.60 Å². The van der Waals surface area contributed by atoms with Gasteiger partial charge in [0.1, 0.15) is 0 Å². The fraction of sp³-hybridized carbons (Fsp3) is 1.00. The molecule has 0 aromatic carbocycles. The van der Waals surface area contributed by atoms with Gasteiger partial charge in [0.05, 0.1) is 18.3 Å². The summed E-state index contributed by atoms with van der Waals surface area (Å²) in [6.07, 6.45) is 2.71. The number of aliphatic hydroxyl groups is 1. The molecule has 1 aliphatic rings. The molecule has 1 aliphatic carbocycles. The van der Waals surface area contributed by atoms with Gasteiger partial charge in [-0.1, -0.05) is 6.92 Å². The van der Waals surface area contributed by atoms with Gasteiger partial charge in [0.25, 0.3) is 0 Å². The molecular formula is C10H20O3. The van der Waals surface area contributed by atoms with Crippen LogP contribution in [0, 0.1) is 0 Å². The molecule has 0 radical (unpaired) electrons. The zero-order valence-corrected chi connectivity index (χ0v) is 8.58. The summed E-state index contributed by atoms with van der Waals surface area (Å²) in [5.74, 6) is 0. The predicted octanol–water partition coefficient (Wildman–Crippen LogP) is 1.34. The second-order valence-corrected chi connectivity index (χ2v) is 3.76. The van der Waals surface area contributed by atoms with Crippen LogP contribution in [0.3, 0.4) is 0 Å². The molecule has 0 bridgehead atoms. The van der Waals surface area contributed by atoms with Gasteiger partial charge in [0, 0.05) is 26.1 Å². The number of ether oxygens (including phenoxy) is 2. The van der Waals surface area contributed by atoms with Gasteiger partial charge in [-0.15, -0.1) is 0 Å². The van der Waals surface area contributed by atoms with Crippen LogP contribution in [-0.4, -0.2) is 36.6 Å². The van der Waals surface area contributed by atoms with Gasteiger partial charge in [0.15, 0.2) is 0 Å². The average Bonchev–Trinajstić information content (AvgIpc) is 2.03. The molecule has 0 atom stereocenters. The molecule has 1 N–H and O–H groups in total. The highest BCUT2D eigenvalue weighted by Gasteiger charge is 2.43. The van der Waals surface area contributed by atoms with Crippen molar-refractivity contribution in [1.82, 2.24) is 0 Å². The van der Waals surface area contributed by atoms with Gasteiger partial charge >= 0.3 is 0 Å². The minimum atomic E-state index is -0.602. The Morgan fingerprint density at radius 3 is 2.62 bits per heavy atom. The lowest BCUT2D eigenvalue weighted by atomic mass is 9.78. The third kappa shape index (κ3) is 3.25. The minimum Gasteiger partial charge on any atom is -0.387 e. The van der Waals surface area contributed by atoms with Crippen LogP contribution < -0.4 is 0 Å². The van der Waals surface area contributed by atoms with Gasteiger partial charge < -0.3 is 14.6 Å². The Labute approximate surface area is 80.0 Å². The lowest BCUT2D eigenvalue weighted by Gasteiger charge is -2.42. The lowest BCUT2D eigenvalue weighted by molar-refractivity contribution is -0.166. The van der Waals surface area contributed by atoms with Crippen molar-refractivity contribution in [3.8, 4) is 0 Å². The molecule has 0 unspecified atom stereocenters. The van der Waals surface area contributed by atoms with E-state index in [2.05, 4.69) is 6.92 Å². The topological polar surface area (TPSA) is 38.7 Å². The molecule has 78 valence electrons. The first kappa shape index (κ1) is 11.0. The molecule has 0 aromatic rings. The smallest absolute Gasteiger partial charge is 0.0929 e. The number of hydrogen-bond acceptors (Lipinski definition) is 3.